The molecule has 2 aliphatic rings. The highest BCUT2D eigenvalue weighted by Gasteiger charge is 2.46. The average Bonchev–Trinajstić information content (AvgIpc) is 3.35. The lowest BCUT2D eigenvalue weighted by Gasteiger charge is -2.35. The number of carbonyl (C=O) groups is 2. The normalized spacial score (nSPS) is 24.9. The molecule has 1 heterocycles. The molecule has 5 nitrogen and oxygen atoms in total. The zero-order valence-electron chi connectivity index (χ0n) is 12.8. The Labute approximate surface area is 130 Å². The van der Waals surface area contributed by atoms with Crippen LogP contribution in [0.5, 0.6) is 0 Å². The van der Waals surface area contributed by atoms with Crippen LogP contribution in [-0.4, -0.2) is 53.1 Å². The zero-order chi connectivity index (χ0) is 15.7. The summed E-state index contributed by atoms with van der Waals surface area (Å²) in [4.78, 5) is 26.8. The van der Waals surface area contributed by atoms with Crippen molar-refractivity contribution in [2.75, 3.05) is 20.1 Å². The Hall–Kier alpha value is -2.04. The summed E-state index contributed by atoms with van der Waals surface area (Å²) in [6, 6.07) is 10.2. The summed E-state index contributed by atoms with van der Waals surface area (Å²) in [5, 5.41) is 9.01. The number of carboxylic acid groups (broad SMARTS) is 1. The van der Waals surface area contributed by atoms with E-state index in [1.807, 2.05) is 23.1 Å². The highest BCUT2D eigenvalue weighted by Crippen LogP contribution is 2.48. The summed E-state index contributed by atoms with van der Waals surface area (Å²) >= 11 is 0. The Balaban J connectivity index is 1.52. The third-order valence-electron chi connectivity index (χ3n) is 4.96. The minimum absolute atomic E-state index is 0.0330. The van der Waals surface area contributed by atoms with Crippen molar-refractivity contribution in [2.24, 2.45) is 5.92 Å². The summed E-state index contributed by atoms with van der Waals surface area (Å²) in [6.07, 6.45) is 1.52. The minimum atomic E-state index is -0.892. The molecular weight excluding hydrogens is 280 g/mol. The summed E-state index contributed by atoms with van der Waals surface area (Å²) in [5.41, 5.74) is 1.25. The highest BCUT2D eigenvalue weighted by molar-refractivity contribution is 5.83. The molecule has 1 aromatic rings. The van der Waals surface area contributed by atoms with Gasteiger partial charge in [0.15, 0.2) is 0 Å². The van der Waals surface area contributed by atoms with Crippen LogP contribution in [-0.2, 0) is 4.79 Å². The molecule has 3 rings (SSSR count). The molecule has 5 heteroatoms. The SMILES string of the molecule is CN(C(=O)O)C1CCN(C(=O)[C@@H]2C[C@H]2c2ccccc2)CC1. The first-order valence-corrected chi connectivity index (χ1v) is 7.87. The van der Waals surface area contributed by atoms with Crippen molar-refractivity contribution in [3.8, 4) is 0 Å². The summed E-state index contributed by atoms with van der Waals surface area (Å²) in [7, 11) is 1.61. The number of hydrogen-bond donors (Lipinski definition) is 1. The molecule has 22 heavy (non-hydrogen) atoms. The maximum absolute atomic E-state index is 12.6. The van der Waals surface area contributed by atoms with Gasteiger partial charge in [-0.25, -0.2) is 4.79 Å². The van der Waals surface area contributed by atoms with Gasteiger partial charge in [-0.2, -0.15) is 0 Å². The van der Waals surface area contributed by atoms with Crippen molar-refractivity contribution in [2.45, 2.75) is 31.2 Å². The van der Waals surface area contributed by atoms with Crippen LogP contribution in [0.2, 0.25) is 0 Å². The molecule has 2 atom stereocenters. The number of benzene rings is 1. The first-order valence-electron chi connectivity index (χ1n) is 7.87. The number of amides is 2. The number of rotatable bonds is 3. The van der Waals surface area contributed by atoms with Gasteiger partial charge in [0.2, 0.25) is 5.91 Å². The summed E-state index contributed by atoms with van der Waals surface area (Å²) in [5.74, 6) is 0.731. The van der Waals surface area contributed by atoms with Crippen LogP contribution in [0, 0.1) is 5.92 Å². The van der Waals surface area contributed by atoms with Gasteiger partial charge >= 0.3 is 6.09 Å². The van der Waals surface area contributed by atoms with Crippen LogP contribution in [0.25, 0.3) is 0 Å². The van der Waals surface area contributed by atoms with Crippen LogP contribution in [0.3, 0.4) is 0 Å². The largest absolute Gasteiger partial charge is 0.465 e. The van der Waals surface area contributed by atoms with Crippen LogP contribution in [0.1, 0.15) is 30.7 Å². The predicted molar refractivity (Wildman–Crippen MR) is 82.7 cm³/mol. The molecule has 1 saturated carbocycles. The van der Waals surface area contributed by atoms with Crippen LogP contribution in [0.4, 0.5) is 4.79 Å². The quantitative estimate of drug-likeness (QED) is 0.932. The number of hydrogen-bond acceptors (Lipinski definition) is 2. The summed E-state index contributed by atoms with van der Waals surface area (Å²) < 4.78 is 0. The fourth-order valence-electron chi connectivity index (χ4n) is 3.40. The molecule has 1 aliphatic heterocycles. The van der Waals surface area contributed by atoms with E-state index in [9.17, 15) is 9.59 Å². The van der Waals surface area contributed by atoms with Gasteiger partial charge in [0.1, 0.15) is 0 Å². The van der Waals surface area contributed by atoms with Gasteiger partial charge in [0.25, 0.3) is 0 Å². The third kappa shape index (κ3) is 2.93. The van der Waals surface area contributed by atoms with Crippen molar-refractivity contribution in [1.82, 2.24) is 9.80 Å². The molecule has 0 bridgehead atoms. The van der Waals surface area contributed by atoms with Gasteiger partial charge in [-0.15, -0.1) is 0 Å². The van der Waals surface area contributed by atoms with Crippen molar-refractivity contribution < 1.29 is 14.7 Å². The molecule has 0 radical (unpaired) electrons. The topological polar surface area (TPSA) is 60.9 Å². The van der Waals surface area contributed by atoms with E-state index in [4.69, 9.17) is 5.11 Å². The fraction of sp³-hybridized carbons (Fsp3) is 0.529. The molecule has 0 unspecified atom stereocenters. The number of piperidine rings is 1. The molecular formula is C17H22N2O3. The Bertz CT molecular complexity index is 552. The molecule has 1 N–H and O–H groups in total. The first-order chi connectivity index (χ1) is 10.6. The Morgan fingerprint density at radius 3 is 2.41 bits per heavy atom. The third-order valence-corrected chi connectivity index (χ3v) is 4.96. The van der Waals surface area contributed by atoms with Crippen molar-refractivity contribution in [3.05, 3.63) is 35.9 Å². The van der Waals surface area contributed by atoms with Gasteiger partial charge < -0.3 is 14.9 Å². The first kappa shape index (κ1) is 14.9. The van der Waals surface area contributed by atoms with Crippen LogP contribution >= 0.6 is 0 Å². The van der Waals surface area contributed by atoms with E-state index in [2.05, 4.69) is 12.1 Å². The lowest BCUT2D eigenvalue weighted by Crippen LogP contribution is -2.47. The maximum atomic E-state index is 12.6. The number of carbonyl (C=O) groups excluding carboxylic acids is 1. The van der Waals surface area contributed by atoms with E-state index < -0.39 is 6.09 Å². The van der Waals surface area contributed by atoms with Crippen LogP contribution < -0.4 is 0 Å². The van der Waals surface area contributed by atoms with Crippen molar-refractivity contribution in [3.63, 3.8) is 0 Å². The monoisotopic (exact) mass is 302 g/mol. The molecule has 0 aromatic heterocycles. The van der Waals surface area contributed by atoms with Gasteiger partial charge in [0.05, 0.1) is 0 Å². The number of nitrogens with zero attached hydrogens (tertiary/aromatic N) is 2. The summed E-state index contributed by atoms with van der Waals surface area (Å²) in [6.45, 7) is 1.33. The van der Waals surface area contributed by atoms with Crippen molar-refractivity contribution in [1.29, 1.82) is 0 Å². The molecule has 1 saturated heterocycles. The van der Waals surface area contributed by atoms with E-state index in [1.165, 1.54) is 10.5 Å². The second-order valence-electron chi connectivity index (χ2n) is 6.31. The van der Waals surface area contributed by atoms with Gasteiger partial charge in [-0.1, -0.05) is 30.3 Å². The smallest absolute Gasteiger partial charge is 0.407 e. The maximum Gasteiger partial charge on any atom is 0.407 e. The van der Waals surface area contributed by atoms with E-state index in [0.29, 0.717) is 19.0 Å². The molecule has 1 aromatic carbocycles. The molecule has 0 spiro atoms. The lowest BCUT2D eigenvalue weighted by atomic mass is 10.0. The average molecular weight is 302 g/mol. The van der Waals surface area contributed by atoms with Gasteiger partial charge in [0, 0.05) is 32.1 Å². The van der Waals surface area contributed by atoms with Gasteiger partial charge in [-0.05, 0) is 30.7 Å². The van der Waals surface area contributed by atoms with E-state index in [-0.39, 0.29) is 17.9 Å². The highest BCUT2D eigenvalue weighted by atomic mass is 16.4. The molecule has 2 fully saturated rings. The number of likely N-dealkylation sites (tertiary alicyclic amines) is 1. The second-order valence-corrected chi connectivity index (χ2v) is 6.31. The second kappa shape index (κ2) is 5.99. The van der Waals surface area contributed by atoms with E-state index in [1.54, 1.807) is 7.05 Å². The molecule has 118 valence electrons. The van der Waals surface area contributed by atoms with E-state index in [0.717, 1.165) is 19.3 Å². The fourth-order valence-corrected chi connectivity index (χ4v) is 3.40. The standard InChI is InChI=1S/C17H22N2O3/c1-18(17(21)22)13-7-9-19(10-8-13)16(20)15-11-14(15)12-5-3-2-4-6-12/h2-6,13-15H,7-11H2,1H3,(H,21,22)/t14-,15+/m0/s1. The van der Waals surface area contributed by atoms with Crippen molar-refractivity contribution >= 4 is 12.0 Å². The Kier molecular flexibility index (Phi) is 4.05. The Morgan fingerprint density at radius 1 is 1.18 bits per heavy atom. The zero-order valence-corrected chi connectivity index (χ0v) is 12.8. The molecule has 2 amide bonds. The lowest BCUT2D eigenvalue weighted by molar-refractivity contribution is -0.134. The molecule has 1 aliphatic carbocycles. The van der Waals surface area contributed by atoms with E-state index >= 15 is 0 Å². The van der Waals surface area contributed by atoms with Gasteiger partial charge in [-0.3, -0.25) is 4.79 Å². The minimum Gasteiger partial charge on any atom is -0.465 e. The van der Waals surface area contributed by atoms with Crippen LogP contribution in [0.15, 0.2) is 30.3 Å². The predicted octanol–water partition coefficient (Wildman–Crippen LogP) is 2.39. The Morgan fingerprint density at radius 2 is 1.82 bits per heavy atom.